The average molecular weight is 537 g/mol. The molecule has 4 aromatic rings. The Balaban J connectivity index is 2.00. The van der Waals surface area contributed by atoms with Crippen molar-refractivity contribution in [1.29, 1.82) is 0 Å². The van der Waals surface area contributed by atoms with Crippen molar-refractivity contribution in [2.75, 3.05) is 14.2 Å². The SMILES string of the molecule is C=CC(=O)Cc1ccccc1-c1cc2c(cn1)cc(-c1c(Cl)c(OC)cc(OC)c1Cl)c(=O)n2C(C)C. The first-order valence-corrected chi connectivity index (χ1v) is 12.4. The van der Waals surface area contributed by atoms with Crippen molar-refractivity contribution in [2.45, 2.75) is 26.3 Å². The molecule has 2 heterocycles. The maximum Gasteiger partial charge on any atom is 0.259 e. The van der Waals surface area contributed by atoms with Crippen molar-refractivity contribution >= 4 is 39.9 Å². The van der Waals surface area contributed by atoms with Gasteiger partial charge in [-0.1, -0.05) is 54.0 Å². The smallest absolute Gasteiger partial charge is 0.259 e. The van der Waals surface area contributed by atoms with Crippen LogP contribution in [0.3, 0.4) is 0 Å². The minimum absolute atomic E-state index is 0.0838. The summed E-state index contributed by atoms with van der Waals surface area (Å²) in [7, 11) is 2.97. The molecule has 0 aliphatic rings. The molecule has 0 bridgehead atoms. The first-order chi connectivity index (χ1) is 17.7. The predicted octanol–water partition coefficient (Wildman–Crippen LogP) is 6.93. The first-order valence-electron chi connectivity index (χ1n) is 11.6. The van der Waals surface area contributed by atoms with Crippen molar-refractivity contribution < 1.29 is 14.3 Å². The highest BCUT2D eigenvalue weighted by molar-refractivity contribution is 6.41. The zero-order chi connectivity index (χ0) is 26.9. The van der Waals surface area contributed by atoms with Crippen LogP contribution >= 0.6 is 23.2 Å². The van der Waals surface area contributed by atoms with Gasteiger partial charge >= 0.3 is 0 Å². The third-order valence-electron chi connectivity index (χ3n) is 6.17. The number of halogens is 2. The van der Waals surface area contributed by atoms with Crippen LogP contribution < -0.4 is 15.0 Å². The van der Waals surface area contributed by atoms with E-state index >= 15 is 0 Å². The molecule has 0 fully saturated rings. The fourth-order valence-electron chi connectivity index (χ4n) is 4.38. The second-order valence-corrected chi connectivity index (χ2v) is 9.50. The topological polar surface area (TPSA) is 70.4 Å². The van der Waals surface area contributed by atoms with Crippen LogP contribution in [0.2, 0.25) is 10.0 Å². The van der Waals surface area contributed by atoms with E-state index in [1.807, 2.05) is 44.2 Å². The highest BCUT2D eigenvalue weighted by Crippen LogP contribution is 2.45. The van der Waals surface area contributed by atoms with Gasteiger partial charge < -0.3 is 14.0 Å². The number of carbonyl (C=O) groups is 1. The molecule has 0 aliphatic heterocycles. The molecule has 0 spiro atoms. The number of fused-ring (bicyclic) bond motifs is 1. The molecule has 8 heteroatoms. The molecule has 0 saturated carbocycles. The number of nitrogens with zero attached hydrogens (tertiary/aromatic N) is 2. The number of pyridine rings is 2. The number of hydrogen-bond acceptors (Lipinski definition) is 5. The highest BCUT2D eigenvalue weighted by Gasteiger charge is 2.23. The van der Waals surface area contributed by atoms with E-state index in [0.29, 0.717) is 33.8 Å². The van der Waals surface area contributed by atoms with Gasteiger partial charge in [0.1, 0.15) is 11.5 Å². The number of hydrogen-bond donors (Lipinski definition) is 0. The van der Waals surface area contributed by atoms with Gasteiger partial charge in [0.15, 0.2) is 5.78 Å². The van der Waals surface area contributed by atoms with Crippen LogP contribution in [0, 0.1) is 0 Å². The Morgan fingerprint density at radius 2 is 1.70 bits per heavy atom. The molecule has 37 heavy (non-hydrogen) atoms. The molecule has 2 aromatic carbocycles. The van der Waals surface area contributed by atoms with E-state index in [0.717, 1.165) is 16.5 Å². The Labute approximate surface area is 225 Å². The zero-order valence-corrected chi connectivity index (χ0v) is 22.5. The molecule has 0 atom stereocenters. The fourth-order valence-corrected chi connectivity index (χ4v) is 5.08. The second-order valence-electron chi connectivity index (χ2n) is 8.74. The molecular weight excluding hydrogens is 511 g/mol. The van der Waals surface area contributed by atoms with Crippen LogP contribution in [0.4, 0.5) is 0 Å². The minimum Gasteiger partial charge on any atom is -0.495 e. The maximum absolute atomic E-state index is 13.9. The standard InChI is InChI=1S/C29H26Cl2N2O4/c1-6-19(34)11-17-9-7-8-10-20(17)22-13-23-18(15-32-22)12-21(29(35)33(23)16(2)3)26-27(30)24(36-4)14-25(37-5)28(26)31/h6-10,12-16H,1,11H2,2-5H3. The highest BCUT2D eigenvalue weighted by atomic mass is 35.5. The van der Waals surface area contributed by atoms with Gasteiger partial charge in [0.2, 0.25) is 0 Å². The fraction of sp³-hybridized carbons (Fsp3) is 0.207. The zero-order valence-electron chi connectivity index (χ0n) is 21.0. The second kappa shape index (κ2) is 10.8. The third kappa shape index (κ3) is 4.87. The molecular formula is C29H26Cl2N2O4. The van der Waals surface area contributed by atoms with Gasteiger partial charge in [-0.3, -0.25) is 14.6 Å². The summed E-state index contributed by atoms with van der Waals surface area (Å²) in [4.78, 5) is 30.7. The molecule has 0 N–H and O–H groups in total. The van der Waals surface area contributed by atoms with Gasteiger partial charge in [-0.15, -0.1) is 0 Å². The van der Waals surface area contributed by atoms with Crippen LogP contribution in [0.5, 0.6) is 11.5 Å². The first kappa shape index (κ1) is 26.5. The minimum atomic E-state index is -0.270. The summed E-state index contributed by atoms with van der Waals surface area (Å²) < 4.78 is 12.5. The number of aromatic nitrogens is 2. The molecule has 0 unspecified atom stereocenters. The molecule has 0 aliphatic carbocycles. The number of carbonyl (C=O) groups excluding carboxylic acids is 1. The van der Waals surface area contributed by atoms with Crippen molar-refractivity contribution in [3.8, 4) is 33.9 Å². The van der Waals surface area contributed by atoms with Gasteiger partial charge in [0.05, 0.1) is 41.0 Å². The van der Waals surface area contributed by atoms with Crippen LogP contribution in [0.1, 0.15) is 25.5 Å². The maximum atomic E-state index is 13.9. The molecule has 4 rings (SSSR count). The quantitative estimate of drug-likeness (QED) is 0.228. The molecule has 0 amide bonds. The van der Waals surface area contributed by atoms with Crippen LogP contribution in [0.15, 0.2) is 66.1 Å². The summed E-state index contributed by atoms with van der Waals surface area (Å²) in [5.74, 6) is 0.597. The van der Waals surface area contributed by atoms with Crippen molar-refractivity contribution in [3.05, 3.63) is 87.3 Å². The number of ether oxygens (including phenoxy) is 2. The van der Waals surface area contributed by atoms with Gasteiger partial charge in [-0.25, -0.2) is 0 Å². The van der Waals surface area contributed by atoms with Crippen LogP contribution in [-0.2, 0) is 11.2 Å². The molecule has 0 saturated heterocycles. The lowest BCUT2D eigenvalue weighted by Crippen LogP contribution is -2.24. The Hall–Kier alpha value is -3.61. The molecule has 190 valence electrons. The Bertz CT molecular complexity index is 1560. The Morgan fingerprint density at radius 1 is 1.05 bits per heavy atom. The lowest BCUT2D eigenvalue weighted by molar-refractivity contribution is -0.114. The average Bonchev–Trinajstić information content (AvgIpc) is 2.89. The number of benzene rings is 2. The third-order valence-corrected chi connectivity index (χ3v) is 6.92. The van der Waals surface area contributed by atoms with Crippen molar-refractivity contribution in [1.82, 2.24) is 9.55 Å². The van der Waals surface area contributed by atoms with Gasteiger partial charge in [-0.2, -0.15) is 0 Å². The molecule has 6 nitrogen and oxygen atoms in total. The summed E-state index contributed by atoms with van der Waals surface area (Å²) >= 11 is 13.3. The molecule has 0 radical (unpaired) electrons. The summed E-state index contributed by atoms with van der Waals surface area (Å²) in [6.45, 7) is 7.43. The number of methoxy groups -OCH3 is 2. The van der Waals surface area contributed by atoms with Gasteiger partial charge in [-0.05, 0) is 37.6 Å². The van der Waals surface area contributed by atoms with E-state index in [-0.39, 0.29) is 33.9 Å². The van der Waals surface area contributed by atoms with E-state index < -0.39 is 0 Å². The summed E-state index contributed by atoms with van der Waals surface area (Å²) in [6, 6.07) is 12.6. The monoisotopic (exact) mass is 536 g/mol. The lowest BCUT2D eigenvalue weighted by atomic mass is 9.98. The van der Waals surface area contributed by atoms with Crippen LogP contribution in [0.25, 0.3) is 33.3 Å². The van der Waals surface area contributed by atoms with E-state index in [9.17, 15) is 9.59 Å². The van der Waals surface area contributed by atoms with Gasteiger partial charge in [0, 0.05) is 41.2 Å². The number of ketones is 1. The van der Waals surface area contributed by atoms with E-state index in [1.54, 1.807) is 22.9 Å². The predicted molar refractivity (Wildman–Crippen MR) is 149 cm³/mol. The normalized spacial score (nSPS) is 11.1. The van der Waals surface area contributed by atoms with Gasteiger partial charge in [0.25, 0.3) is 5.56 Å². The largest absolute Gasteiger partial charge is 0.495 e. The van der Waals surface area contributed by atoms with Crippen molar-refractivity contribution in [2.24, 2.45) is 0 Å². The van der Waals surface area contributed by atoms with E-state index in [1.165, 1.54) is 20.3 Å². The summed E-state index contributed by atoms with van der Waals surface area (Å²) in [5, 5.41) is 1.15. The molecule has 2 aromatic heterocycles. The lowest BCUT2D eigenvalue weighted by Gasteiger charge is -2.19. The van der Waals surface area contributed by atoms with E-state index in [2.05, 4.69) is 11.6 Å². The summed E-state index contributed by atoms with van der Waals surface area (Å²) in [6.07, 6.45) is 3.23. The van der Waals surface area contributed by atoms with E-state index in [4.69, 9.17) is 32.7 Å². The Morgan fingerprint density at radius 3 is 2.30 bits per heavy atom. The Kier molecular flexibility index (Phi) is 7.71. The van der Waals surface area contributed by atoms with Crippen molar-refractivity contribution in [3.63, 3.8) is 0 Å². The summed E-state index contributed by atoms with van der Waals surface area (Å²) in [5.41, 5.74) is 3.36. The number of allylic oxidation sites excluding steroid dienone is 1. The number of rotatable bonds is 8. The van der Waals surface area contributed by atoms with Crippen LogP contribution in [-0.4, -0.2) is 29.6 Å².